The second-order valence-corrected chi connectivity index (χ2v) is 8.26. The summed E-state index contributed by atoms with van der Waals surface area (Å²) in [5.41, 5.74) is 1.65. The molecule has 0 spiro atoms. The van der Waals surface area contributed by atoms with Crippen molar-refractivity contribution in [3.63, 3.8) is 0 Å². The van der Waals surface area contributed by atoms with Gasteiger partial charge >= 0.3 is 0 Å². The van der Waals surface area contributed by atoms with E-state index in [-0.39, 0.29) is 5.82 Å². The fourth-order valence-electron chi connectivity index (χ4n) is 3.39. The van der Waals surface area contributed by atoms with E-state index in [1.807, 2.05) is 24.3 Å². The number of aryl methyl sites for hydroxylation is 1. The minimum absolute atomic E-state index is 0.295. The van der Waals surface area contributed by atoms with Crippen molar-refractivity contribution < 1.29 is 13.2 Å². The second kappa shape index (κ2) is 9.32. The topological polar surface area (TPSA) is 77.8 Å². The normalized spacial score (nSPS) is 11.3. The molecular formula is C24H19FN4O2S. The van der Waals surface area contributed by atoms with Gasteiger partial charge in [0.2, 0.25) is 17.7 Å². The van der Waals surface area contributed by atoms with Gasteiger partial charge in [-0.3, -0.25) is 0 Å². The smallest absolute Gasteiger partial charge is 0.276 e. The number of aromatic nitrogens is 4. The number of hydrogen-bond acceptors (Lipinski definition) is 7. The number of benzene rings is 3. The molecule has 0 saturated heterocycles. The minimum atomic E-state index is -0.295. The zero-order chi connectivity index (χ0) is 21.8. The van der Waals surface area contributed by atoms with Crippen molar-refractivity contribution in [3.05, 3.63) is 78.4 Å². The molecule has 32 heavy (non-hydrogen) atoms. The van der Waals surface area contributed by atoms with Crippen LogP contribution in [-0.4, -0.2) is 26.1 Å². The van der Waals surface area contributed by atoms with Crippen LogP contribution >= 0.6 is 11.8 Å². The summed E-state index contributed by atoms with van der Waals surface area (Å²) in [5.74, 6) is 2.06. The van der Waals surface area contributed by atoms with Crippen molar-refractivity contribution in [2.75, 3.05) is 5.75 Å². The maximum absolute atomic E-state index is 13.0. The van der Waals surface area contributed by atoms with Crippen molar-refractivity contribution in [2.45, 2.75) is 24.5 Å². The van der Waals surface area contributed by atoms with Crippen LogP contribution in [-0.2, 0) is 6.42 Å². The highest BCUT2D eigenvalue weighted by Crippen LogP contribution is 2.29. The molecule has 0 aliphatic rings. The van der Waals surface area contributed by atoms with E-state index in [4.69, 9.17) is 8.83 Å². The lowest BCUT2D eigenvalue weighted by molar-refractivity contribution is 0.466. The van der Waals surface area contributed by atoms with E-state index in [1.165, 1.54) is 23.9 Å². The van der Waals surface area contributed by atoms with E-state index in [2.05, 4.69) is 38.6 Å². The maximum atomic E-state index is 13.0. The molecule has 3 aromatic carbocycles. The van der Waals surface area contributed by atoms with Gasteiger partial charge in [0.25, 0.3) is 5.22 Å². The highest BCUT2D eigenvalue weighted by Gasteiger charge is 2.12. The molecule has 0 amide bonds. The zero-order valence-corrected chi connectivity index (χ0v) is 17.9. The van der Waals surface area contributed by atoms with E-state index >= 15 is 0 Å². The number of nitrogens with zero attached hydrogens (tertiary/aromatic N) is 4. The molecule has 0 radical (unpaired) electrons. The van der Waals surface area contributed by atoms with E-state index in [0.29, 0.717) is 34.9 Å². The van der Waals surface area contributed by atoms with Crippen molar-refractivity contribution in [3.8, 4) is 22.9 Å². The van der Waals surface area contributed by atoms with Crippen LogP contribution in [0.15, 0.2) is 80.8 Å². The lowest BCUT2D eigenvalue weighted by atomic mass is 10.0. The average molecular weight is 447 g/mol. The molecule has 8 heteroatoms. The minimum Gasteiger partial charge on any atom is -0.421 e. The summed E-state index contributed by atoms with van der Waals surface area (Å²) in [6.07, 6.45) is 2.51. The maximum Gasteiger partial charge on any atom is 0.276 e. The quantitative estimate of drug-likeness (QED) is 0.208. The summed E-state index contributed by atoms with van der Waals surface area (Å²) < 4.78 is 24.6. The van der Waals surface area contributed by atoms with Crippen LogP contribution in [0.4, 0.5) is 4.39 Å². The number of hydrogen-bond donors (Lipinski definition) is 0. The van der Waals surface area contributed by atoms with Crippen molar-refractivity contribution in [1.82, 2.24) is 20.4 Å². The lowest BCUT2D eigenvalue weighted by Gasteiger charge is -2.01. The first-order chi connectivity index (χ1) is 15.8. The number of unbranched alkanes of at least 4 members (excludes halogenated alkanes) is 1. The van der Waals surface area contributed by atoms with E-state index in [1.54, 1.807) is 12.1 Å². The fraction of sp³-hybridized carbons (Fsp3) is 0.167. The number of rotatable bonds is 8. The molecule has 5 aromatic rings. The Hall–Kier alpha value is -3.52. The summed E-state index contributed by atoms with van der Waals surface area (Å²) in [7, 11) is 0. The van der Waals surface area contributed by atoms with Gasteiger partial charge < -0.3 is 8.83 Å². The number of halogens is 1. The first-order valence-electron chi connectivity index (χ1n) is 10.3. The van der Waals surface area contributed by atoms with Gasteiger partial charge in [-0.15, -0.1) is 20.4 Å². The number of fused-ring (bicyclic) bond motifs is 1. The van der Waals surface area contributed by atoms with E-state index < -0.39 is 0 Å². The van der Waals surface area contributed by atoms with Gasteiger partial charge in [0.1, 0.15) is 5.82 Å². The SMILES string of the molecule is Fc1ccc(-c2nnc(CCCCSc3nnc(-c4cccc5ccccc45)o3)o2)cc1. The van der Waals surface area contributed by atoms with Crippen LogP contribution < -0.4 is 0 Å². The number of thioether (sulfide) groups is 1. The molecule has 0 aliphatic carbocycles. The molecule has 0 atom stereocenters. The predicted molar refractivity (Wildman–Crippen MR) is 121 cm³/mol. The van der Waals surface area contributed by atoms with Gasteiger partial charge in [-0.1, -0.05) is 48.2 Å². The highest BCUT2D eigenvalue weighted by atomic mass is 32.2. The third-order valence-corrected chi connectivity index (χ3v) is 5.90. The summed E-state index contributed by atoms with van der Waals surface area (Å²) in [6.45, 7) is 0. The van der Waals surface area contributed by atoms with Crippen LogP contribution in [0.25, 0.3) is 33.7 Å². The Kier molecular flexibility index (Phi) is 5.93. The standard InChI is InChI=1S/C24H19FN4O2S/c25-18-13-11-17(12-14-18)22-27-26-21(30-22)10-3-4-15-32-24-29-28-23(31-24)20-9-5-7-16-6-1-2-8-19(16)20/h1-2,5-9,11-14H,3-4,10,15H2. The van der Waals surface area contributed by atoms with Gasteiger partial charge in [0, 0.05) is 23.3 Å². The van der Waals surface area contributed by atoms with Crippen LogP contribution in [0.3, 0.4) is 0 Å². The molecule has 0 unspecified atom stereocenters. The molecule has 0 fully saturated rings. The van der Waals surface area contributed by atoms with Crippen molar-refractivity contribution in [1.29, 1.82) is 0 Å². The summed E-state index contributed by atoms with van der Waals surface area (Å²) in [5, 5.41) is 19.3. The summed E-state index contributed by atoms with van der Waals surface area (Å²) >= 11 is 1.54. The Morgan fingerprint density at radius 1 is 0.750 bits per heavy atom. The third-order valence-electron chi connectivity index (χ3n) is 5.00. The lowest BCUT2D eigenvalue weighted by Crippen LogP contribution is -1.88. The summed E-state index contributed by atoms with van der Waals surface area (Å²) in [6, 6.07) is 20.2. The van der Waals surface area contributed by atoms with Crippen LogP contribution in [0.2, 0.25) is 0 Å². The molecule has 0 bridgehead atoms. The van der Waals surface area contributed by atoms with Crippen LogP contribution in [0, 0.1) is 5.82 Å². The van der Waals surface area contributed by atoms with Gasteiger partial charge in [-0.25, -0.2) is 4.39 Å². The predicted octanol–water partition coefficient (Wildman–Crippen LogP) is 6.19. The Balaban J connectivity index is 1.12. The van der Waals surface area contributed by atoms with Crippen molar-refractivity contribution >= 4 is 22.5 Å². The van der Waals surface area contributed by atoms with E-state index in [9.17, 15) is 4.39 Å². The molecular weight excluding hydrogens is 427 g/mol. The van der Waals surface area contributed by atoms with Crippen LogP contribution in [0.1, 0.15) is 18.7 Å². The molecule has 160 valence electrons. The molecule has 2 heterocycles. The molecule has 0 N–H and O–H groups in total. The molecule has 5 rings (SSSR count). The highest BCUT2D eigenvalue weighted by molar-refractivity contribution is 7.99. The summed E-state index contributed by atoms with van der Waals surface area (Å²) in [4.78, 5) is 0. The fourth-order valence-corrected chi connectivity index (χ4v) is 4.15. The Morgan fingerprint density at radius 2 is 1.56 bits per heavy atom. The second-order valence-electron chi connectivity index (χ2n) is 7.21. The van der Waals surface area contributed by atoms with Crippen LogP contribution in [0.5, 0.6) is 0 Å². The molecule has 2 aromatic heterocycles. The first-order valence-corrected chi connectivity index (χ1v) is 11.3. The van der Waals surface area contributed by atoms with Gasteiger partial charge in [0.05, 0.1) is 0 Å². The van der Waals surface area contributed by atoms with Gasteiger partial charge in [-0.2, -0.15) is 0 Å². The third kappa shape index (κ3) is 4.55. The Bertz CT molecular complexity index is 1330. The Morgan fingerprint density at radius 3 is 2.47 bits per heavy atom. The molecule has 0 aliphatic heterocycles. The zero-order valence-electron chi connectivity index (χ0n) is 17.1. The van der Waals surface area contributed by atoms with Gasteiger partial charge in [-0.05, 0) is 53.9 Å². The first kappa shape index (κ1) is 20.4. The van der Waals surface area contributed by atoms with Gasteiger partial charge in [0.15, 0.2) is 0 Å². The Labute approximate surface area is 187 Å². The largest absolute Gasteiger partial charge is 0.421 e. The van der Waals surface area contributed by atoms with Crippen molar-refractivity contribution in [2.24, 2.45) is 0 Å². The average Bonchev–Trinajstić information content (AvgIpc) is 3.49. The molecule has 6 nitrogen and oxygen atoms in total. The van der Waals surface area contributed by atoms with E-state index in [0.717, 1.165) is 34.9 Å². The monoisotopic (exact) mass is 446 g/mol. The molecule has 0 saturated carbocycles.